The van der Waals surface area contributed by atoms with Crippen LogP contribution >= 0.6 is 0 Å². The number of hydrogen-bond acceptors (Lipinski definition) is 4. The van der Waals surface area contributed by atoms with E-state index in [-0.39, 0.29) is 6.10 Å². The topological polar surface area (TPSA) is 59.6 Å². The highest BCUT2D eigenvalue weighted by Crippen LogP contribution is 2.08. The van der Waals surface area contributed by atoms with Crippen molar-refractivity contribution in [3.63, 3.8) is 0 Å². The number of ether oxygens (including phenoxy) is 1. The van der Waals surface area contributed by atoms with Crippen LogP contribution in [0.5, 0.6) is 0 Å². The Morgan fingerprint density at radius 2 is 2.20 bits per heavy atom. The van der Waals surface area contributed by atoms with Crippen LogP contribution in [0.15, 0.2) is 0 Å². The Labute approximate surface area is 90.5 Å². The summed E-state index contributed by atoms with van der Waals surface area (Å²) in [7, 11) is 0. The fourth-order valence-corrected chi connectivity index (χ4v) is 1.35. The van der Waals surface area contributed by atoms with Gasteiger partial charge in [-0.15, -0.1) is 0 Å². The van der Waals surface area contributed by atoms with E-state index in [1.54, 1.807) is 0 Å². The molecule has 1 heterocycles. The maximum Gasteiger partial charge on any atom is 0.431 e. The molecule has 1 rings (SSSR count). The number of piperidine rings is 1. The molecular weight excluding hydrogens is 196 g/mol. The van der Waals surface area contributed by atoms with Gasteiger partial charge in [-0.2, -0.15) is 5.48 Å². The summed E-state index contributed by atoms with van der Waals surface area (Å²) in [4.78, 5) is 16.4. The first-order valence-electron chi connectivity index (χ1n) is 5.33. The lowest BCUT2D eigenvalue weighted by Gasteiger charge is -2.24. The monoisotopic (exact) mass is 216 g/mol. The van der Waals surface area contributed by atoms with Crippen molar-refractivity contribution in [1.29, 1.82) is 0 Å². The van der Waals surface area contributed by atoms with E-state index in [1.165, 1.54) is 0 Å². The standard InChI is InChI=1S/C10H20N2O3/c1-10(2,3)14-9(13)12-15-8-5-4-6-11-7-8/h8,11H,4-7H2,1-3H3,(H,12,13). The van der Waals surface area contributed by atoms with Gasteiger partial charge < -0.3 is 10.1 Å². The average molecular weight is 216 g/mol. The van der Waals surface area contributed by atoms with Crippen molar-refractivity contribution in [2.24, 2.45) is 0 Å². The SMILES string of the molecule is CC(C)(C)OC(=O)NOC1CCCNC1. The second-order valence-corrected chi connectivity index (χ2v) is 4.69. The summed E-state index contributed by atoms with van der Waals surface area (Å²) < 4.78 is 5.03. The van der Waals surface area contributed by atoms with Gasteiger partial charge in [0, 0.05) is 6.54 Å². The van der Waals surface area contributed by atoms with Crippen LogP contribution in [0.2, 0.25) is 0 Å². The minimum absolute atomic E-state index is 0.0475. The Morgan fingerprint density at radius 3 is 2.73 bits per heavy atom. The van der Waals surface area contributed by atoms with E-state index in [2.05, 4.69) is 10.8 Å². The van der Waals surface area contributed by atoms with Gasteiger partial charge in [-0.1, -0.05) is 0 Å². The van der Waals surface area contributed by atoms with Crippen LogP contribution in [-0.4, -0.2) is 30.9 Å². The van der Waals surface area contributed by atoms with Gasteiger partial charge >= 0.3 is 6.09 Å². The highest BCUT2D eigenvalue weighted by Gasteiger charge is 2.19. The highest BCUT2D eigenvalue weighted by molar-refractivity contribution is 5.66. The first-order chi connectivity index (χ1) is 6.97. The summed E-state index contributed by atoms with van der Waals surface area (Å²) >= 11 is 0. The third kappa shape index (κ3) is 5.59. The molecular formula is C10H20N2O3. The van der Waals surface area contributed by atoms with Gasteiger partial charge in [-0.3, -0.25) is 4.84 Å². The zero-order chi connectivity index (χ0) is 11.3. The van der Waals surface area contributed by atoms with E-state index in [4.69, 9.17) is 9.57 Å². The molecule has 1 unspecified atom stereocenters. The van der Waals surface area contributed by atoms with Crippen molar-refractivity contribution in [3.05, 3.63) is 0 Å². The van der Waals surface area contributed by atoms with E-state index in [0.717, 1.165) is 25.9 Å². The second kappa shape index (κ2) is 5.32. The van der Waals surface area contributed by atoms with Crippen LogP contribution in [0, 0.1) is 0 Å². The van der Waals surface area contributed by atoms with Crippen LogP contribution in [0.25, 0.3) is 0 Å². The second-order valence-electron chi connectivity index (χ2n) is 4.69. The summed E-state index contributed by atoms with van der Waals surface area (Å²) in [5, 5.41) is 3.19. The largest absolute Gasteiger partial charge is 0.442 e. The molecule has 1 aliphatic heterocycles. The lowest BCUT2D eigenvalue weighted by atomic mass is 10.1. The Bertz CT molecular complexity index is 207. The number of nitrogens with one attached hydrogen (secondary N) is 2. The molecule has 0 aromatic heterocycles. The molecule has 0 bridgehead atoms. The molecule has 2 N–H and O–H groups in total. The molecule has 0 saturated carbocycles. The van der Waals surface area contributed by atoms with Crippen molar-refractivity contribution in [1.82, 2.24) is 10.8 Å². The van der Waals surface area contributed by atoms with E-state index in [1.807, 2.05) is 20.8 Å². The van der Waals surface area contributed by atoms with Gasteiger partial charge in [0.05, 0.1) is 6.10 Å². The maximum atomic E-state index is 11.2. The number of hydrogen-bond donors (Lipinski definition) is 2. The van der Waals surface area contributed by atoms with Crippen LogP contribution in [0.1, 0.15) is 33.6 Å². The van der Waals surface area contributed by atoms with Crippen molar-refractivity contribution >= 4 is 6.09 Å². The van der Waals surface area contributed by atoms with Gasteiger partial charge in [0.25, 0.3) is 0 Å². The van der Waals surface area contributed by atoms with Gasteiger partial charge in [0.15, 0.2) is 0 Å². The molecule has 1 fully saturated rings. The molecule has 1 atom stereocenters. The first-order valence-corrected chi connectivity index (χ1v) is 5.33. The van der Waals surface area contributed by atoms with E-state index in [9.17, 15) is 4.79 Å². The summed E-state index contributed by atoms with van der Waals surface area (Å²) in [5.74, 6) is 0. The quantitative estimate of drug-likeness (QED) is 0.681. The molecule has 0 aromatic carbocycles. The van der Waals surface area contributed by atoms with Crippen molar-refractivity contribution < 1.29 is 14.4 Å². The first kappa shape index (κ1) is 12.3. The average Bonchev–Trinajstić information content (AvgIpc) is 2.14. The Hall–Kier alpha value is -0.810. The minimum Gasteiger partial charge on any atom is -0.442 e. The molecule has 15 heavy (non-hydrogen) atoms. The van der Waals surface area contributed by atoms with Gasteiger partial charge in [0.1, 0.15) is 5.60 Å². The molecule has 1 amide bonds. The molecule has 0 spiro atoms. The summed E-state index contributed by atoms with van der Waals surface area (Å²) in [6.07, 6.45) is 1.54. The number of rotatable bonds is 2. The number of carbonyl (C=O) groups excluding carboxylic acids is 1. The fraction of sp³-hybridized carbons (Fsp3) is 0.900. The Balaban J connectivity index is 2.15. The predicted octanol–water partition coefficient (Wildman–Crippen LogP) is 1.19. The normalized spacial score (nSPS) is 22.2. The lowest BCUT2D eigenvalue weighted by Crippen LogP contribution is -2.41. The van der Waals surface area contributed by atoms with Crippen molar-refractivity contribution in [2.75, 3.05) is 13.1 Å². The van der Waals surface area contributed by atoms with Gasteiger partial charge in [0.2, 0.25) is 0 Å². The molecule has 88 valence electrons. The molecule has 5 heteroatoms. The van der Waals surface area contributed by atoms with Crippen LogP contribution in [-0.2, 0) is 9.57 Å². The maximum absolute atomic E-state index is 11.2. The fourth-order valence-electron chi connectivity index (χ4n) is 1.35. The molecule has 0 radical (unpaired) electrons. The number of hydroxylamine groups is 1. The summed E-state index contributed by atoms with van der Waals surface area (Å²) in [6.45, 7) is 7.24. The van der Waals surface area contributed by atoms with Crippen LogP contribution in [0.3, 0.4) is 0 Å². The third-order valence-electron chi connectivity index (χ3n) is 1.96. The van der Waals surface area contributed by atoms with Gasteiger partial charge in [-0.25, -0.2) is 4.79 Å². The predicted molar refractivity (Wildman–Crippen MR) is 56.3 cm³/mol. The molecule has 0 aliphatic carbocycles. The highest BCUT2D eigenvalue weighted by atomic mass is 16.7. The molecule has 1 saturated heterocycles. The van der Waals surface area contributed by atoms with Crippen LogP contribution in [0.4, 0.5) is 4.79 Å². The van der Waals surface area contributed by atoms with E-state index >= 15 is 0 Å². The smallest absolute Gasteiger partial charge is 0.431 e. The lowest BCUT2D eigenvalue weighted by molar-refractivity contribution is -0.0486. The zero-order valence-electron chi connectivity index (χ0n) is 9.63. The van der Waals surface area contributed by atoms with E-state index < -0.39 is 11.7 Å². The minimum atomic E-state index is -0.534. The Morgan fingerprint density at radius 1 is 1.47 bits per heavy atom. The third-order valence-corrected chi connectivity index (χ3v) is 1.96. The number of carbonyl (C=O) groups is 1. The summed E-state index contributed by atoms with van der Waals surface area (Å²) in [5.41, 5.74) is 1.82. The summed E-state index contributed by atoms with van der Waals surface area (Å²) in [6, 6.07) is 0. The molecule has 1 aliphatic rings. The van der Waals surface area contributed by atoms with E-state index in [0.29, 0.717) is 0 Å². The number of amides is 1. The Kier molecular flexibility index (Phi) is 4.35. The van der Waals surface area contributed by atoms with Crippen LogP contribution < -0.4 is 10.8 Å². The van der Waals surface area contributed by atoms with Gasteiger partial charge in [-0.05, 0) is 40.2 Å². The molecule has 0 aromatic rings. The zero-order valence-corrected chi connectivity index (χ0v) is 9.63. The van der Waals surface area contributed by atoms with Crippen molar-refractivity contribution in [3.8, 4) is 0 Å². The molecule has 5 nitrogen and oxygen atoms in total. The van der Waals surface area contributed by atoms with Crippen molar-refractivity contribution in [2.45, 2.75) is 45.3 Å².